The van der Waals surface area contributed by atoms with Crippen LogP contribution in [0.4, 0.5) is 0 Å². The summed E-state index contributed by atoms with van der Waals surface area (Å²) in [5, 5.41) is 0. The van der Waals surface area contributed by atoms with E-state index in [0.29, 0.717) is 0 Å². The van der Waals surface area contributed by atoms with Crippen LogP contribution < -0.4 is 4.98 Å². The maximum atomic E-state index is 3.91. The summed E-state index contributed by atoms with van der Waals surface area (Å²) in [5.41, 5.74) is 0. The number of nitrogens with one attached hydrogen (secondary N) is 1. The number of hydrogen-bond acceptors (Lipinski definition) is 1. The van der Waals surface area contributed by atoms with Crippen LogP contribution in [-0.2, 0) is 0 Å². The summed E-state index contributed by atoms with van der Waals surface area (Å²) in [7, 11) is -2.09. The molecular formula is C12H31NSi2. The Kier molecular flexibility index (Phi) is 7.05. The van der Waals surface area contributed by atoms with Gasteiger partial charge in [0, 0.05) is 0 Å². The minimum Gasteiger partial charge on any atom is -0.339 e. The van der Waals surface area contributed by atoms with E-state index in [2.05, 4.69) is 45.0 Å². The largest absolute Gasteiger partial charge is 0.339 e. The van der Waals surface area contributed by atoms with Crippen molar-refractivity contribution in [1.82, 2.24) is 4.98 Å². The molecule has 0 spiro atoms. The normalized spacial score (nSPS) is 13.2. The molecule has 0 aliphatic rings. The molecule has 0 aromatic heterocycles. The van der Waals surface area contributed by atoms with Gasteiger partial charge in [-0.2, -0.15) is 0 Å². The van der Waals surface area contributed by atoms with Crippen molar-refractivity contribution in [2.45, 2.75) is 71.8 Å². The van der Waals surface area contributed by atoms with E-state index in [4.69, 9.17) is 0 Å². The van der Waals surface area contributed by atoms with Crippen molar-refractivity contribution in [3.8, 4) is 0 Å². The van der Waals surface area contributed by atoms with E-state index in [1.54, 1.807) is 0 Å². The highest BCUT2D eigenvalue weighted by Gasteiger charge is 2.39. The molecule has 0 heterocycles. The van der Waals surface area contributed by atoms with E-state index in [1.807, 2.05) is 0 Å². The van der Waals surface area contributed by atoms with Gasteiger partial charge in [0.2, 0.25) is 0 Å². The summed E-state index contributed by atoms with van der Waals surface area (Å²) >= 11 is 0. The molecule has 0 amide bonds. The fourth-order valence-electron chi connectivity index (χ4n) is 1.75. The van der Waals surface area contributed by atoms with Crippen molar-refractivity contribution >= 4 is 15.3 Å². The number of hydrogen-bond donors (Lipinski definition) is 1. The lowest BCUT2D eigenvalue weighted by Gasteiger charge is -2.39. The molecule has 15 heavy (non-hydrogen) atoms. The predicted octanol–water partition coefficient (Wildman–Crippen LogP) is 4.17. The topological polar surface area (TPSA) is 12.0 Å². The van der Waals surface area contributed by atoms with Gasteiger partial charge in [-0.25, -0.2) is 0 Å². The molecule has 0 rings (SSSR count). The third kappa shape index (κ3) is 5.32. The fraction of sp³-hybridized carbons (Fsp3) is 1.00. The third-order valence-corrected chi connectivity index (χ3v) is 21.5. The lowest BCUT2D eigenvalue weighted by atomic mass is 10.3. The zero-order valence-corrected chi connectivity index (χ0v) is 13.7. The summed E-state index contributed by atoms with van der Waals surface area (Å²) in [5.74, 6) is 0. The minimum atomic E-state index is -1.12. The van der Waals surface area contributed by atoms with E-state index in [1.165, 1.54) is 38.3 Å². The molecule has 0 aliphatic heterocycles. The van der Waals surface area contributed by atoms with Crippen LogP contribution in [0.3, 0.4) is 0 Å². The van der Waals surface area contributed by atoms with Crippen LogP contribution in [-0.4, -0.2) is 21.9 Å². The van der Waals surface area contributed by atoms with Gasteiger partial charge in [-0.15, -0.1) is 0 Å². The SMILES string of the molecule is CCCCN[Si](C)(C)[Si](C)(C)CCCC. The zero-order valence-electron chi connectivity index (χ0n) is 11.7. The lowest BCUT2D eigenvalue weighted by molar-refractivity contribution is 0.758. The highest BCUT2D eigenvalue weighted by atomic mass is 29.3. The van der Waals surface area contributed by atoms with Gasteiger partial charge in [-0.05, 0) is 13.0 Å². The lowest BCUT2D eigenvalue weighted by Crippen LogP contribution is -2.64. The molecule has 0 bridgehead atoms. The Hall–Kier alpha value is 0.394. The molecule has 0 unspecified atom stereocenters. The Bertz CT molecular complexity index is 167. The molecule has 1 nitrogen and oxygen atoms in total. The summed E-state index contributed by atoms with van der Waals surface area (Å²) in [4.78, 5) is 3.91. The maximum absolute atomic E-state index is 3.91. The maximum Gasteiger partial charge on any atom is 0.109 e. The van der Waals surface area contributed by atoms with Crippen molar-refractivity contribution in [1.29, 1.82) is 0 Å². The first-order valence-corrected chi connectivity index (χ1v) is 13.8. The number of rotatable bonds is 8. The summed E-state index contributed by atoms with van der Waals surface area (Å²) in [6, 6.07) is 1.52. The second-order valence-electron chi connectivity index (χ2n) is 5.89. The van der Waals surface area contributed by atoms with Crippen molar-refractivity contribution < 1.29 is 0 Å². The van der Waals surface area contributed by atoms with E-state index in [9.17, 15) is 0 Å². The van der Waals surface area contributed by atoms with Gasteiger partial charge in [-0.1, -0.05) is 65.3 Å². The smallest absolute Gasteiger partial charge is 0.109 e. The highest BCUT2D eigenvalue weighted by molar-refractivity contribution is 7.39. The molecule has 0 atom stereocenters. The Morgan fingerprint density at radius 2 is 1.40 bits per heavy atom. The summed E-state index contributed by atoms with van der Waals surface area (Å²) < 4.78 is 0. The van der Waals surface area contributed by atoms with E-state index >= 15 is 0 Å². The second-order valence-corrected chi connectivity index (χ2v) is 21.6. The zero-order chi connectivity index (χ0) is 11.9. The Balaban J connectivity index is 4.14. The third-order valence-electron chi connectivity index (χ3n) is 3.94. The molecule has 0 aromatic rings. The fourth-order valence-corrected chi connectivity index (χ4v) is 9.11. The van der Waals surface area contributed by atoms with Crippen LogP contribution in [0.5, 0.6) is 0 Å². The molecule has 0 aliphatic carbocycles. The first kappa shape index (κ1) is 15.4. The first-order chi connectivity index (χ1) is 6.87. The van der Waals surface area contributed by atoms with Crippen molar-refractivity contribution in [2.75, 3.05) is 6.54 Å². The van der Waals surface area contributed by atoms with Gasteiger partial charge in [0.05, 0.1) is 7.59 Å². The highest BCUT2D eigenvalue weighted by Crippen LogP contribution is 2.23. The van der Waals surface area contributed by atoms with Crippen molar-refractivity contribution in [2.24, 2.45) is 0 Å². The average Bonchev–Trinajstić information content (AvgIpc) is 2.15. The van der Waals surface area contributed by atoms with Crippen molar-refractivity contribution in [3.63, 3.8) is 0 Å². The van der Waals surface area contributed by atoms with Gasteiger partial charge in [-0.3, -0.25) is 0 Å². The molecule has 0 radical (unpaired) electrons. The molecule has 0 saturated heterocycles. The standard InChI is InChI=1S/C12H31NSi2/c1-7-9-11-13-15(5,6)14(3,4)12-10-8-2/h13H,7-12H2,1-6H3. The summed E-state index contributed by atoms with van der Waals surface area (Å²) in [6.45, 7) is 16.1. The van der Waals surface area contributed by atoms with Gasteiger partial charge >= 0.3 is 0 Å². The van der Waals surface area contributed by atoms with E-state index in [-0.39, 0.29) is 0 Å². The van der Waals surface area contributed by atoms with Crippen molar-refractivity contribution in [3.05, 3.63) is 0 Å². The van der Waals surface area contributed by atoms with Crippen LogP contribution in [0.15, 0.2) is 0 Å². The van der Waals surface area contributed by atoms with Crippen LogP contribution >= 0.6 is 0 Å². The molecule has 0 fully saturated rings. The first-order valence-electron chi connectivity index (χ1n) is 6.62. The van der Waals surface area contributed by atoms with Crippen LogP contribution in [0, 0.1) is 0 Å². The second kappa shape index (κ2) is 6.87. The molecule has 0 aromatic carbocycles. The predicted molar refractivity (Wildman–Crippen MR) is 77.6 cm³/mol. The van der Waals surface area contributed by atoms with Gasteiger partial charge in [0.1, 0.15) is 7.75 Å². The van der Waals surface area contributed by atoms with Gasteiger partial charge in [0.15, 0.2) is 0 Å². The molecule has 3 heteroatoms. The molecule has 0 saturated carbocycles. The van der Waals surface area contributed by atoms with Crippen LogP contribution in [0.1, 0.15) is 39.5 Å². The Labute approximate surface area is 98.9 Å². The average molecular weight is 246 g/mol. The molecule has 1 N–H and O–H groups in total. The van der Waals surface area contributed by atoms with E-state index in [0.717, 1.165) is 0 Å². The Morgan fingerprint density at radius 1 is 0.867 bits per heavy atom. The molecule has 92 valence electrons. The molecular weight excluding hydrogens is 214 g/mol. The van der Waals surface area contributed by atoms with Crippen LogP contribution in [0.25, 0.3) is 0 Å². The van der Waals surface area contributed by atoms with Gasteiger partial charge in [0.25, 0.3) is 0 Å². The Morgan fingerprint density at radius 3 is 1.87 bits per heavy atom. The monoisotopic (exact) mass is 245 g/mol. The van der Waals surface area contributed by atoms with E-state index < -0.39 is 15.3 Å². The minimum absolute atomic E-state index is 0.974. The van der Waals surface area contributed by atoms with Crippen LogP contribution in [0.2, 0.25) is 32.2 Å². The quantitative estimate of drug-likeness (QED) is 0.500. The summed E-state index contributed by atoms with van der Waals surface area (Å²) in [6.07, 6.45) is 5.45. The van der Waals surface area contributed by atoms with Gasteiger partial charge < -0.3 is 4.98 Å². The number of unbranched alkanes of at least 4 members (excludes halogenated alkanes) is 2.